The van der Waals surface area contributed by atoms with Gasteiger partial charge in [-0.25, -0.2) is 9.97 Å². The summed E-state index contributed by atoms with van der Waals surface area (Å²) in [4.78, 5) is 8.85. The molecule has 5 heteroatoms. The molecule has 0 spiro atoms. The lowest BCUT2D eigenvalue weighted by atomic mass is 10.2. The molecule has 2 rings (SSSR count). The molecule has 1 aromatic carbocycles. The molecule has 0 aliphatic rings. The van der Waals surface area contributed by atoms with E-state index in [2.05, 4.69) is 28.5 Å². The lowest BCUT2D eigenvalue weighted by Crippen LogP contribution is -2.22. The largest absolute Gasteiger partial charge is 0.366 e. The van der Waals surface area contributed by atoms with Gasteiger partial charge >= 0.3 is 0 Å². The molecular formula is C15H18ClN3S. The van der Waals surface area contributed by atoms with E-state index < -0.39 is 0 Å². The van der Waals surface area contributed by atoms with Gasteiger partial charge in [0.1, 0.15) is 11.0 Å². The zero-order chi connectivity index (χ0) is 14.4. The maximum Gasteiger partial charge on any atom is 0.163 e. The second-order valence-electron chi connectivity index (χ2n) is 4.47. The van der Waals surface area contributed by atoms with Crippen molar-refractivity contribution in [2.24, 2.45) is 0 Å². The van der Waals surface area contributed by atoms with Gasteiger partial charge in [-0.05, 0) is 12.7 Å². The van der Waals surface area contributed by atoms with Gasteiger partial charge in [0.05, 0.1) is 0 Å². The molecule has 0 amide bonds. The Morgan fingerprint density at radius 3 is 2.65 bits per heavy atom. The maximum absolute atomic E-state index is 6.11. The fourth-order valence-corrected chi connectivity index (χ4v) is 2.78. The van der Waals surface area contributed by atoms with Crippen LogP contribution in [0.25, 0.3) is 11.4 Å². The van der Waals surface area contributed by atoms with Gasteiger partial charge in [0.25, 0.3) is 0 Å². The normalized spacial score (nSPS) is 12.2. The Kier molecular flexibility index (Phi) is 5.68. The monoisotopic (exact) mass is 307 g/mol. The van der Waals surface area contributed by atoms with Crippen LogP contribution in [0.15, 0.2) is 36.4 Å². The van der Waals surface area contributed by atoms with Crippen molar-refractivity contribution in [2.75, 3.05) is 17.3 Å². The van der Waals surface area contributed by atoms with Crippen LogP contribution in [0, 0.1) is 0 Å². The van der Waals surface area contributed by atoms with E-state index in [0.717, 1.165) is 23.6 Å². The van der Waals surface area contributed by atoms with Crippen molar-refractivity contribution in [2.45, 2.75) is 19.4 Å². The Hall–Kier alpha value is -1.26. The van der Waals surface area contributed by atoms with Crippen LogP contribution in [-0.4, -0.2) is 28.0 Å². The van der Waals surface area contributed by atoms with E-state index in [1.54, 1.807) is 6.07 Å². The first kappa shape index (κ1) is 15.1. The smallest absolute Gasteiger partial charge is 0.163 e. The molecule has 1 heterocycles. The molecule has 0 fully saturated rings. The molecule has 1 atom stereocenters. The zero-order valence-electron chi connectivity index (χ0n) is 11.6. The first-order valence-electron chi connectivity index (χ1n) is 6.58. The molecule has 0 saturated carbocycles. The van der Waals surface area contributed by atoms with E-state index in [0.29, 0.717) is 17.0 Å². The first-order valence-corrected chi connectivity index (χ1v) is 8.35. The summed E-state index contributed by atoms with van der Waals surface area (Å²) in [5.41, 5.74) is 0.968. The highest BCUT2D eigenvalue weighted by atomic mass is 35.5. The highest BCUT2D eigenvalue weighted by Gasteiger charge is 2.09. The summed E-state index contributed by atoms with van der Waals surface area (Å²) in [5, 5.41) is 3.88. The quantitative estimate of drug-likeness (QED) is 0.805. The second kappa shape index (κ2) is 7.50. The van der Waals surface area contributed by atoms with E-state index in [9.17, 15) is 0 Å². The van der Waals surface area contributed by atoms with Gasteiger partial charge in [0, 0.05) is 23.4 Å². The molecule has 0 aliphatic carbocycles. The average molecular weight is 308 g/mol. The fourth-order valence-electron chi connectivity index (χ4n) is 1.88. The Morgan fingerprint density at radius 2 is 2.00 bits per heavy atom. The SMILES string of the molecule is CCC(CSC)Nc1cc(Cl)nc(-c2ccccc2)n1. The molecule has 0 saturated heterocycles. The van der Waals surface area contributed by atoms with E-state index in [4.69, 9.17) is 11.6 Å². The number of rotatable bonds is 6. The standard InChI is InChI=1S/C15H18ClN3S/c1-3-12(10-20-2)17-14-9-13(16)18-15(19-14)11-7-5-4-6-8-11/h4-9,12H,3,10H2,1-2H3,(H,17,18,19). The van der Waals surface area contributed by atoms with Crippen molar-refractivity contribution < 1.29 is 0 Å². The van der Waals surface area contributed by atoms with E-state index in [1.807, 2.05) is 42.1 Å². The van der Waals surface area contributed by atoms with Crippen LogP contribution in [0.1, 0.15) is 13.3 Å². The van der Waals surface area contributed by atoms with Crippen molar-refractivity contribution in [3.63, 3.8) is 0 Å². The molecule has 3 nitrogen and oxygen atoms in total. The Bertz CT molecular complexity index is 548. The van der Waals surface area contributed by atoms with Crippen molar-refractivity contribution >= 4 is 29.2 Å². The third-order valence-corrected chi connectivity index (χ3v) is 3.87. The predicted molar refractivity (Wildman–Crippen MR) is 88.6 cm³/mol. The van der Waals surface area contributed by atoms with E-state index >= 15 is 0 Å². The number of nitrogens with one attached hydrogen (secondary N) is 1. The van der Waals surface area contributed by atoms with Crippen LogP contribution in [0.2, 0.25) is 5.15 Å². The Labute approximate surface area is 129 Å². The summed E-state index contributed by atoms with van der Waals surface area (Å²) >= 11 is 7.93. The molecule has 0 radical (unpaired) electrons. The number of hydrogen-bond donors (Lipinski definition) is 1. The fraction of sp³-hybridized carbons (Fsp3) is 0.333. The Morgan fingerprint density at radius 1 is 1.25 bits per heavy atom. The van der Waals surface area contributed by atoms with Crippen LogP contribution in [0.4, 0.5) is 5.82 Å². The second-order valence-corrected chi connectivity index (χ2v) is 5.77. The molecule has 106 valence electrons. The zero-order valence-corrected chi connectivity index (χ0v) is 13.2. The van der Waals surface area contributed by atoms with Gasteiger partial charge in [0.2, 0.25) is 0 Å². The van der Waals surface area contributed by atoms with Gasteiger partial charge in [-0.2, -0.15) is 11.8 Å². The summed E-state index contributed by atoms with van der Waals surface area (Å²) in [6.45, 7) is 2.16. The van der Waals surface area contributed by atoms with Crippen LogP contribution in [0.5, 0.6) is 0 Å². The van der Waals surface area contributed by atoms with Crippen LogP contribution in [-0.2, 0) is 0 Å². The number of thioether (sulfide) groups is 1. The number of aromatic nitrogens is 2. The third-order valence-electron chi connectivity index (χ3n) is 2.94. The van der Waals surface area contributed by atoms with Crippen LogP contribution in [0.3, 0.4) is 0 Å². The lowest BCUT2D eigenvalue weighted by molar-refractivity contribution is 0.769. The molecular weight excluding hydrogens is 290 g/mol. The number of halogens is 1. The van der Waals surface area contributed by atoms with Crippen molar-refractivity contribution in [1.29, 1.82) is 0 Å². The number of hydrogen-bond acceptors (Lipinski definition) is 4. The van der Waals surface area contributed by atoms with E-state index in [1.165, 1.54) is 0 Å². The topological polar surface area (TPSA) is 37.8 Å². The summed E-state index contributed by atoms with van der Waals surface area (Å²) < 4.78 is 0. The third kappa shape index (κ3) is 4.12. The highest BCUT2D eigenvalue weighted by molar-refractivity contribution is 7.98. The summed E-state index contributed by atoms with van der Waals surface area (Å²) in [7, 11) is 0. The van der Waals surface area contributed by atoms with Gasteiger partial charge in [-0.1, -0.05) is 48.9 Å². The Balaban J connectivity index is 2.25. The number of nitrogens with zero attached hydrogens (tertiary/aromatic N) is 2. The van der Waals surface area contributed by atoms with Crippen molar-refractivity contribution in [1.82, 2.24) is 9.97 Å². The molecule has 1 aromatic heterocycles. The number of anilines is 1. The first-order chi connectivity index (χ1) is 9.72. The molecule has 0 aliphatic heterocycles. The van der Waals surface area contributed by atoms with Gasteiger partial charge < -0.3 is 5.32 Å². The molecule has 20 heavy (non-hydrogen) atoms. The average Bonchev–Trinajstić information content (AvgIpc) is 2.47. The predicted octanol–water partition coefficient (Wildman–Crippen LogP) is 4.35. The molecule has 2 aromatic rings. The van der Waals surface area contributed by atoms with E-state index in [-0.39, 0.29) is 0 Å². The minimum absolute atomic E-state index is 0.389. The highest BCUT2D eigenvalue weighted by Crippen LogP contribution is 2.21. The lowest BCUT2D eigenvalue weighted by Gasteiger charge is -2.17. The molecule has 0 bridgehead atoms. The van der Waals surface area contributed by atoms with Crippen LogP contribution < -0.4 is 5.32 Å². The van der Waals surface area contributed by atoms with Crippen LogP contribution >= 0.6 is 23.4 Å². The minimum atomic E-state index is 0.389. The van der Waals surface area contributed by atoms with Gasteiger partial charge in [0.15, 0.2) is 5.82 Å². The summed E-state index contributed by atoms with van der Waals surface area (Å²) in [6, 6.07) is 12.0. The van der Waals surface area contributed by atoms with Crippen molar-refractivity contribution in [3.8, 4) is 11.4 Å². The summed E-state index contributed by atoms with van der Waals surface area (Å²) in [5.74, 6) is 2.48. The van der Waals surface area contributed by atoms with Crippen molar-refractivity contribution in [3.05, 3.63) is 41.6 Å². The molecule has 1 unspecified atom stereocenters. The number of benzene rings is 1. The minimum Gasteiger partial charge on any atom is -0.366 e. The maximum atomic E-state index is 6.11. The van der Waals surface area contributed by atoms with Gasteiger partial charge in [-0.3, -0.25) is 0 Å². The van der Waals surface area contributed by atoms with Gasteiger partial charge in [-0.15, -0.1) is 0 Å². The molecule has 1 N–H and O–H groups in total. The summed E-state index contributed by atoms with van der Waals surface area (Å²) in [6.07, 6.45) is 3.15.